The van der Waals surface area contributed by atoms with Crippen molar-refractivity contribution < 1.29 is 8.42 Å². The Morgan fingerprint density at radius 2 is 2.24 bits per heavy atom. The van der Waals surface area contributed by atoms with Crippen molar-refractivity contribution in [1.82, 2.24) is 35.2 Å². The highest BCUT2D eigenvalue weighted by molar-refractivity contribution is 7.89. The Morgan fingerprint density at radius 3 is 2.90 bits per heavy atom. The molecule has 0 bridgehead atoms. The fourth-order valence-electron chi connectivity index (χ4n) is 1.83. The highest BCUT2D eigenvalue weighted by atomic mass is 32.2. The molecule has 9 nitrogen and oxygen atoms in total. The van der Waals surface area contributed by atoms with Crippen molar-refractivity contribution in [1.29, 1.82) is 0 Å². The third-order valence-corrected chi connectivity index (χ3v) is 4.38. The zero-order valence-corrected chi connectivity index (χ0v) is 12.8. The van der Waals surface area contributed by atoms with Crippen molar-refractivity contribution in [3.8, 4) is 0 Å². The van der Waals surface area contributed by atoms with Gasteiger partial charge < -0.3 is 5.32 Å². The van der Waals surface area contributed by atoms with Gasteiger partial charge in [0.15, 0.2) is 5.03 Å². The molecular weight excluding hydrogens is 294 g/mol. The number of hydrogen-bond donors (Lipinski definition) is 3. The van der Waals surface area contributed by atoms with Crippen LogP contribution in [0.25, 0.3) is 0 Å². The number of hydrogen-bond acceptors (Lipinski definition) is 6. The van der Waals surface area contributed by atoms with E-state index < -0.39 is 10.0 Å². The van der Waals surface area contributed by atoms with Gasteiger partial charge in [-0.1, -0.05) is 12.1 Å². The van der Waals surface area contributed by atoms with Gasteiger partial charge in [-0.2, -0.15) is 5.10 Å². The third kappa shape index (κ3) is 3.86. The maximum atomic E-state index is 12.3. The molecular formula is C11H19N7O2S. The second-order valence-corrected chi connectivity index (χ2v) is 6.16. The van der Waals surface area contributed by atoms with Crippen LogP contribution in [0.15, 0.2) is 17.4 Å². The van der Waals surface area contributed by atoms with Crippen molar-refractivity contribution in [3.05, 3.63) is 23.7 Å². The van der Waals surface area contributed by atoms with Crippen LogP contribution in [0.1, 0.15) is 18.2 Å². The first kappa shape index (κ1) is 15.6. The molecule has 2 heterocycles. The van der Waals surface area contributed by atoms with Gasteiger partial charge in [0.25, 0.3) is 10.0 Å². The molecule has 10 heteroatoms. The Labute approximate surface area is 123 Å². The quantitative estimate of drug-likeness (QED) is 0.599. The lowest BCUT2D eigenvalue weighted by Crippen LogP contribution is -2.29. The Hall–Kier alpha value is -1.78. The highest BCUT2D eigenvalue weighted by Gasteiger charge is 2.23. The number of aromatic amines is 1. The van der Waals surface area contributed by atoms with E-state index in [0.29, 0.717) is 18.7 Å². The van der Waals surface area contributed by atoms with Crippen LogP contribution in [0.4, 0.5) is 0 Å². The summed E-state index contributed by atoms with van der Waals surface area (Å²) >= 11 is 0. The van der Waals surface area contributed by atoms with Gasteiger partial charge in [-0.15, -0.1) is 5.10 Å². The SMILES string of the molecule is CCNCc1c(S(=O)(=O)NCCn2ccnn2)n[nH]c1C. The monoisotopic (exact) mass is 313 g/mol. The molecule has 2 rings (SSSR count). The van der Waals surface area contributed by atoms with Gasteiger partial charge in [-0.05, 0) is 13.5 Å². The van der Waals surface area contributed by atoms with Crippen LogP contribution >= 0.6 is 0 Å². The molecule has 0 saturated carbocycles. The molecule has 0 atom stereocenters. The lowest BCUT2D eigenvalue weighted by molar-refractivity contribution is 0.548. The Morgan fingerprint density at radius 1 is 1.43 bits per heavy atom. The standard InChI is InChI=1S/C11H19N7O2S/c1-3-12-8-10-9(2)15-16-11(10)21(19,20)14-5-7-18-6-4-13-17-18/h4,6,12,14H,3,5,7-8H2,1-2H3,(H,15,16). The number of sulfonamides is 1. The molecule has 0 aromatic carbocycles. The van der Waals surface area contributed by atoms with E-state index in [0.717, 1.165) is 12.2 Å². The normalized spacial score (nSPS) is 11.9. The van der Waals surface area contributed by atoms with Gasteiger partial charge in [-0.3, -0.25) is 9.78 Å². The number of rotatable bonds is 8. The third-order valence-electron chi connectivity index (χ3n) is 2.95. The van der Waals surface area contributed by atoms with E-state index in [9.17, 15) is 8.42 Å². The van der Waals surface area contributed by atoms with E-state index in [1.807, 2.05) is 6.92 Å². The first-order valence-electron chi connectivity index (χ1n) is 6.63. The zero-order valence-electron chi connectivity index (χ0n) is 12.0. The van der Waals surface area contributed by atoms with Crippen molar-refractivity contribution in [3.63, 3.8) is 0 Å². The number of aromatic nitrogens is 5. The van der Waals surface area contributed by atoms with E-state index >= 15 is 0 Å². The topological polar surface area (TPSA) is 118 Å². The first-order valence-corrected chi connectivity index (χ1v) is 8.11. The average molecular weight is 313 g/mol. The number of aryl methyl sites for hydroxylation is 1. The van der Waals surface area contributed by atoms with Crippen LogP contribution in [0.2, 0.25) is 0 Å². The van der Waals surface area contributed by atoms with Crippen LogP contribution in [0.5, 0.6) is 0 Å². The second-order valence-electron chi connectivity index (χ2n) is 4.48. The second kappa shape index (κ2) is 6.78. The average Bonchev–Trinajstić information content (AvgIpc) is 3.06. The van der Waals surface area contributed by atoms with Crippen LogP contribution in [0.3, 0.4) is 0 Å². The van der Waals surface area contributed by atoms with Crippen LogP contribution < -0.4 is 10.0 Å². The van der Waals surface area contributed by atoms with Crippen LogP contribution in [-0.4, -0.2) is 46.7 Å². The molecule has 116 valence electrons. The van der Waals surface area contributed by atoms with E-state index in [2.05, 4.69) is 30.5 Å². The fraction of sp³-hybridized carbons (Fsp3) is 0.545. The predicted molar refractivity (Wildman–Crippen MR) is 75.9 cm³/mol. The summed E-state index contributed by atoms with van der Waals surface area (Å²) in [5.41, 5.74) is 1.40. The zero-order chi connectivity index (χ0) is 15.3. The lowest BCUT2D eigenvalue weighted by atomic mass is 10.2. The molecule has 2 aromatic rings. The van der Waals surface area contributed by atoms with Crippen molar-refractivity contribution >= 4 is 10.0 Å². The Bertz CT molecular complexity index is 663. The van der Waals surface area contributed by atoms with Gasteiger partial charge in [0.1, 0.15) is 0 Å². The van der Waals surface area contributed by atoms with Gasteiger partial charge in [-0.25, -0.2) is 13.1 Å². The molecule has 0 spiro atoms. The summed E-state index contributed by atoms with van der Waals surface area (Å²) < 4.78 is 28.7. The number of nitrogens with zero attached hydrogens (tertiary/aromatic N) is 4. The molecule has 0 radical (unpaired) electrons. The van der Waals surface area contributed by atoms with E-state index in [1.165, 1.54) is 0 Å². The molecule has 0 fully saturated rings. The molecule has 0 aliphatic rings. The molecule has 0 saturated heterocycles. The van der Waals surface area contributed by atoms with Crippen molar-refractivity contribution in [2.24, 2.45) is 0 Å². The summed E-state index contributed by atoms with van der Waals surface area (Å²) in [6, 6.07) is 0. The minimum Gasteiger partial charge on any atom is -0.313 e. The molecule has 3 N–H and O–H groups in total. The molecule has 0 unspecified atom stereocenters. The van der Waals surface area contributed by atoms with E-state index in [-0.39, 0.29) is 11.6 Å². The van der Waals surface area contributed by atoms with E-state index in [4.69, 9.17) is 0 Å². The minimum absolute atomic E-state index is 0.0412. The van der Waals surface area contributed by atoms with Gasteiger partial charge in [0.2, 0.25) is 0 Å². The fourth-order valence-corrected chi connectivity index (χ4v) is 3.04. The molecule has 2 aromatic heterocycles. The van der Waals surface area contributed by atoms with Crippen molar-refractivity contribution in [2.75, 3.05) is 13.1 Å². The summed E-state index contributed by atoms with van der Waals surface area (Å²) in [6.45, 7) is 5.60. The lowest BCUT2D eigenvalue weighted by Gasteiger charge is -2.07. The van der Waals surface area contributed by atoms with Gasteiger partial charge >= 0.3 is 0 Å². The van der Waals surface area contributed by atoms with Gasteiger partial charge in [0.05, 0.1) is 12.7 Å². The largest absolute Gasteiger partial charge is 0.313 e. The summed E-state index contributed by atoms with van der Waals surface area (Å²) in [5.74, 6) is 0. The molecule has 0 aliphatic carbocycles. The summed E-state index contributed by atoms with van der Waals surface area (Å²) in [6.07, 6.45) is 3.21. The first-order chi connectivity index (χ1) is 10.0. The summed E-state index contributed by atoms with van der Waals surface area (Å²) in [4.78, 5) is 0. The molecule has 21 heavy (non-hydrogen) atoms. The maximum Gasteiger partial charge on any atom is 0.260 e. The van der Waals surface area contributed by atoms with Crippen LogP contribution in [0, 0.1) is 6.92 Å². The predicted octanol–water partition coefficient (Wildman–Crippen LogP) is -0.602. The van der Waals surface area contributed by atoms with Gasteiger partial charge in [0, 0.05) is 30.5 Å². The maximum absolute atomic E-state index is 12.3. The highest BCUT2D eigenvalue weighted by Crippen LogP contribution is 2.15. The Kier molecular flexibility index (Phi) is 5.04. The Balaban J connectivity index is 2.05. The smallest absolute Gasteiger partial charge is 0.260 e. The summed E-state index contributed by atoms with van der Waals surface area (Å²) in [7, 11) is -3.65. The van der Waals surface area contributed by atoms with Crippen molar-refractivity contribution in [2.45, 2.75) is 32.0 Å². The minimum atomic E-state index is -3.65. The molecule has 0 aliphatic heterocycles. The summed E-state index contributed by atoms with van der Waals surface area (Å²) in [5, 5.41) is 17.2. The van der Waals surface area contributed by atoms with Crippen LogP contribution in [-0.2, 0) is 23.1 Å². The number of H-pyrrole nitrogens is 1. The van der Waals surface area contributed by atoms with E-state index in [1.54, 1.807) is 24.0 Å². The molecule has 0 amide bonds. The number of nitrogens with one attached hydrogen (secondary N) is 3.